The summed E-state index contributed by atoms with van der Waals surface area (Å²) in [6, 6.07) is 22.3. The van der Waals surface area contributed by atoms with E-state index in [4.69, 9.17) is 9.47 Å². The number of methoxy groups -OCH3 is 1. The number of rotatable bonds is 9. The van der Waals surface area contributed by atoms with E-state index < -0.39 is 5.91 Å². The number of carbonyl (C=O) groups is 1. The van der Waals surface area contributed by atoms with E-state index >= 15 is 0 Å². The van der Waals surface area contributed by atoms with Crippen molar-refractivity contribution in [2.45, 2.75) is 13.0 Å². The van der Waals surface area contributed by atoms with Crippen molar-refractivity contribution in [1.29, 1.82) is 0 Å². The number of phenols is 1. The Morgan fingerprint density at radius 3 is 2.50 bits per heavy atom. The molecule has 2 N–H and O–H groups in total. The largest absolute Gasteiger partial charge is 0.507 e. The first-order chi connectivity index (χ1) is 17.5. The third-order valence-electron chi connectivity index (χ3n) is 5.52. The average Bonchev–Trinajstić information content (AvgIpc) is 2.88. The number of benzene rings is 4. The van der Waals surface area contributed by atoms with Gasteiger partial charge < -0.3 is 14.6 Å². The first-order valence-electron chi connectivity index (χ1n) is 11.2. The van der Waals surface area contributed by atoms with Gasteiger partial charge in [-0.05, 0) is 64.7 Å². The Morgan fingerprint density at radius 2 is 1.81 bits per heavy atom. The first-order valence-corrected chi connectivity index (χ1v) is 12.0. The maximum Gasteiger partial charge on any atom is 0.275 e. The molecule has 0 radical (unpaired) electrons. The normalized spacial score (nSPS) is 10.9. The van der Waals surface area contributed by atoms with E-state index in [1.54, 1.807) is 31.4 Å². The summed E-state index contributed by atoms with van der Waals surface area (Å²) < 4.78 is 12.7. The second-order valence-electron chi connectivity index (χ2n) is 8.03. The monoisotopic (exact) mass is 544 g/mol. The van der Waals surface area contributed by atoms with Crippen LogP contribution in [0, 0.1) is 0 Å². The van der Waals surface area contributed by atoms with Crippen LogP contribution in [0.25, 0.3) is 10.8 Å². The molecule has 0 aliphatic rings. The quantitative estimate of drug-likeness (QED) is 0.145. The smallest absolute Gasteiger partial charge is 0.275 e. The number of hydrogen-bond acceptors (Lipinski definition) is 5. The molecule has 4 aromatic rings. The van der Waals surface area contributed by atoms with Gasteiger partial charge >= 0.3 is 0 Å². The molecule has 0 atom stereocenters. The third-order valence-corrected chi connectivity index (χ3v) is 6.05. The van der Waals surface area contributed by atoms with Crippen LogP contribution < -0.4 is 14.9 Å². The van der Waals surface area contributed by atoms with E-state index in [-0.39, 0.29) is 11.3 Å². The van der Waals surface area contributed by atoms with Crippen molar-refractivity contribution in [3.63, 3.8) is 0 Å². The first kappa shape index (κ1) is 25.0. The zero-order chi connectivity index (χ0) is 25.5. The highest BCUT2D eigenvalue weighted by atomic mass is 79.9. The van der Waals surface area contributed by atoms with Gasteiger partial charge in [-0.2, -0.15) is 5.10 Å². The van der Waals surface area contributed by atoms with Gasteiger partial charge in [-0.1, -0.05) is 58.4 Å². The van der Waals surface area contributed by atoms with Crippen molar-refractivity contribution in [2.75, 3.05) is 7.11 Å². The number of carbonyl (C=O) groups excluding carboxylic acids is 1. The number of halogens is 1. The van der Waals surface area contributed by atoms with Crippen molar-refractivity contribution in [2.24, 2.45) is 5.10 Å². The minimum Gasteiger partial charge on any atom is -0.507 e. The third kappa shape index (κ3) is 5.93. The lowest BCUT2D eigenvalue weighted by Crippen LogP contribution is -2.17. The van der Waals surface area contributed by atoms with Gasteiger partial charge in [-0.15, -0.1) is 6.58 Å². The zero-order valence-corrected chi connectivity index (χ0v) is 21.3. The van der Waals surface area contributed by atoms with Crippen LogP contribution in [0.4, 0.5) is 0 Å². The Labute approximate surface area is 218 Å². The van der Waals surface area contributed by atoms with Crippen molar-refractivity contribution >= 4 is 38.8 Å². The van der Waals surface area contributed by atoms with Crippen molar-refractivity contribution in [3.05, 3.63) is 112 Å². The summed E-state index contributed by atoms with van der Waals surface area (Å²) in [5.74, 6) is 0.555. The predicted molar refractivity (Wildman–Crippen MR) is 146 cm³/mol. The molecule has 0 fully saturated rings. The van der Waals surface area contributed by atoms with Crippen LogP contribution in [0.5, 0.6) is 17.2 Å². The molecule has 0 aliphatic heterocycles. The number of hydrazone groups is 1. The van der Waals surface area contributed by atoms with Crippen LogP contribution in [0.1, 0.15) is 27.0 Å². The number of nitrogens with one attached hydrogen (secondary N) is 1. The lowest BCUT2D eigenvalue weighted by Gasteiger charge is -2.16. The molecule has 4 aromatic carbocycles. The maximum absolute atomic E-state index is 12.6. The summed E-state index contributed by atoms with van der Waals surface area (Å²) in [6.07, 6.45) is 3.86. The molecule has 0 aromatic heterocycles. The van der Waals surface area contributed by atoms with Crippen molar-refractivity contribution in [1.82, 2.24) is 5.43 Å². The molecule has 0 saturated carbocycles. The summed E-state index contributed by atoms with van der Waals surface area (Å²) in [7, 11) is 1.57. The lowest BCUT2D eigenvalue weighted by molar-refractivity contribution is 0.0952. The van der Waals surface area contributed by atoms with Crippen LogP contribution in [0.3, 0.4) is 0 Å². The molecule has 4 rings (SSSR count). The van der Waals surface area contributed by atoms with E-state index in [9.17, 15) is 9.90 Å². The second-order valence-corrected chi connectivity index (χ2v) is 8.95. The Bertz CT molecular complexity index is 1430. The van der Waals surface area contributed by atoms with Gasteiger partial charge in [0.05, 0.1) is 18.9 Å². The highest BCUT2D eigenvalue weighted by molar-refractivity contribution is 9.10. The Morgan fingerprint density at radius 1 is 1.08 bits per heavy atom. The Balaban J connectivity index is 1.52. The SMILES string of the molecule is C=CCc1cc(C=NNC(=O)c2cc3ccccc3cc2O)cc(OC)c1OCc1ccc(Br)cc1. The fourth-order valence-electron chi connectivity index (χ4n) is 3.75. The standard InChI is InChI=1S/C29H25BrN2O4/c1-3-6-23-13-20(14-27(35-2)28(23)36-18-19-9-11-24(30)12-10-19)17-31-32-29(34)25-15-21-7-4-5-8-22(21)16-26(25)33/h3-5,7-17,33H,1,6,18H2,2H3,(H,32,34). The fourth-order valence-corrected chi connectivity index (χ4v) is 4.02. The van der Waals surface area contributed by atoms with Gasteiger partial charge in [0.15, 0.2) is 11.5 Å². The highest BCUT2D eigenvalue weighted by Gasteiger charge is 2.14. The number of fused-ring (bicyclic) bond motifs is 1. The van der Waals surface area contributed by atoms with Gasteiger partial charge in [0, 0.05) is 10.0 Å². The Hall–Kier alpha value is -4.10. The molecule has 0 saturated heterocycles. The molecular formula is C29H25BrN2O4. The number of hydrogen-bond donors (Lipinski definition) is 2. The van der Waals surface area contributed by atoms with Crippen LogP contribution >= 0.6 is 15.9 Å². The predicted octanol–water partition coefficient (Wildman–Crippen LogP) is 6.39. The van der Waals surface area contributed by atoms with Gasteiger partial charge in [0.2, 0.25) is 0 Å². The molecule has 182 valence electrons. The number of amides is 1. The molecule has 0 bridgehead atoms. The zero-order valence-electron chi connectivity index (χ0n) is 19.7. The van der Waals surface area contributed by atoms with E-state index in [1.165, 1.54) is 6.21 Å². The number of aromatic hydroxyl groups is 1. The summed E-state index contributed by atoms with van der Waals surface area (Å²) in [5, 5.41) is 16.1. The molecule has 6 nitrogen and oxygen atoms in total. The average molecular weight is 545 g/mol. The molecule has 7 heteroatoms. The van der Waals surface area contributed by atoms with Gasteiger partial charge in [0.1, 0.15) is 12.4 Å². The second kappa shape index (κ2) is 11.6. The molecule has 0 spiro atoms. The summed E-state index contributed by atoms with van der Waals surface area (Å²) >= 11 is 3.44. The van der Waals surface area contributed by atoms with Gasteiger partial charge in [0.25, 0.3) is 5.91 Å². The molecule has 36 heavy (non-hydrogen) atoms. The molecule has 0 heterocycles. The minimum atomic E-state index is -0.512. The fraction of sp³-hybridized carbons (Fsp3) is 0.103. The van der Waals surface area contributed by atoms with E-state index in [2.05, 4.69) is 33.0 Å². The number of allylic oxidation sites excluding steroid dienone is 1. The van der Waals surface area contributed by atoms with Crippen LogP contribution in [0.2, 0.25) is 0 Å². The van der Waals surface area contributed by atoms with E-state index in [1.807, 2.05) is 54.6 Å². The summed E-state index contributed by atoms with van der Waals surface area (Å²) in [5.41, 5.74) is 5.24. The summed E-state index contributed by atoms with van der Waals surface area (Å²) in [4.78, 5) is 12.6. The van der Waals surface area contributed by atoms with E-state index in [0.29, 0.717) is 30.1 Å². The van der Waals surface area contributed by atoms with Gasteiger partial charge in [-0.25, -0.2) is 5.43 Å². The molecule has 1 amide bonds. The van der Waals surface area contributed by atoms with Gasteiger partial charge in [-0.3, -0.25) is 4.79 Å². The van der Waals surface area contributed by atoms with E-state index in [0.717, 1.165) is 26.4 Å². The number of ether oxygens (including phenoxy) is 2. The number of nitrogens with zero attached hydrogens (tertiary/aromatic N) is 1. The molecule has 0 aliphatic carbocycles. The molecular weight excluding hydrogens is 520 g/mol. The molecule has 0 unspecified atom stereocenters. The number of phenolic OH excluding ortho intramolecular Hbond substituents is 1. The maximum atomic E-state index is 12.6. The summed E-state index contributed by atoms with van der Waals surface area (Å²) in [6.45, 7) is 4.22. The lowest BCUT2D eigenvalue weighted by atomic mass is 10.1. The van der Waals surface area contributed by atoms with Crippen molar-refractivity contribution < 1.29 is 19.4 Å². The van der Waals surface area contributed by atoms with Crippen LogP contribution in [-0.4, -0.2) is 24.3 Å². The minimum absolute atomic E-state index is 0.108. The highest BCUT2D eigenvalue weighted by Crippen LogP contribution is 2.34. The Kier molecular flexibility index (Phi) is 8.02. The van der Waals surface area contributed by atoms with Crippen LogP contribution in [-0.2, 0) is 13.0 Å². The van der Waals surface area contributed by atoms with Crippen LogP contribution in [0.15, 0.2) is 95.0 Å². The topological polar surface area (TPSA) is 80.2 Å². The van der Waals surface area contributed by atoms with Crippen molar-refractivity contribution in [3.8, 4) is 17.2 Å².